The van der Waals surface area contributed by atoms with Gasteiger partial charge in [-0.25, -0.2) is 4.98 Å². The van der Waals surface area contributed by atoms with Gasteiger partial charge in [-0.2, -0.15) is 5.26 Å². The van der Waals surface area contributed by atoms with E-state index in [0.29, 0.717) is 23.6 Å². The van der Waals surface area contributed by atoms with Gasteiger partial charge < -0.3 is 20.7 Å². The topological polar surface area (TPSA) is 116 Å². The third kappa shape index (κ3) is 6.36. The summed E-state index contributed by atoms with van der Waals surface area (Å²) in [5.41, 5.74) is 2.30. The number of amides is 2. The van der Waals surface area contributed by atoms with Gasteiger partial charge in [0.05, 0.1) is 30.1 Å². The molecule has 3 aromatic rings. The molecule has 0 spiro atoms. The standard InChI is InChI=1S/C27H29N5O3/c1-17(14-28)15-29-25-21-13-20(10-9-19(21)11-12-24(25)35-5)22-7-6-8-23(31-22)26(34)30-16-27(3,4)32-18(2)33/h6-13,29H,1,15-16H2,2-5H3,(H,30,34)(H,32,33). The van der Waals surface area contributed by atoms with Crippen molar-refractivity contribution >= 4 is 28.3 Å². The number of pyridine rings is 1. The molecule has 0 aliphatic carbocycles. The van der Waals surface area contributed by atoms with Crippen LogP contribution in [0.15, 0.2) is 60.7 Å². The second-order valence-electron chi connectivity index (χ2n) is 8.80. The third-order valence-corrected chi connectivity index (χ3v) is 5.32. The van der Waals surface area contributed by atoms with Crippen LogP contribution in [-0.4, -0.2) is 42.5 Å². The molecule has 3 N–H and O–H groups in total. The quantitative estimate of drug-likeness (QED) is 0.406. The molecule has 1 heterocycles. The molecule has 0 bridgehead atoms. The summed E-state index contributed by atoms with van der Waals surface area (Å²) in [6.45, 7) is 9.38. The van der Waals surface area contributed by atoms with Crippen LogP contribution in [0.4, 0.5) is 5.69 Å². The Balaban J connectivity index is 1.91. The van der Waals surface area contributed by atoms with E-state index in [1.165, 1.54) is 6.92 Å². The van der Waals surface area contributed by atoms with E-state index >= 15 is 0 Å². The Hall–Kier alpha value is -4.38. The molecule has 2 aromatic carbocycles. The van der Waals surface area contributed by atoms with Crippen molar-refractivity contribution in [3.05, 3.63) is 66.4 Å². The van der Waals surface area contributed by atoms with E-state index in [1.807, 2.05) is 56.3 Å². The Morgan fingerprint density at radius 3 is 2.60 bits per heavy atom. The number of methoxy groups -OCH3 is 1. The number of hydrogen-bond acceptors (Lipinski definition) is 6. The van der Waals surface area contributed by atoms with E-state index < -0.39 is 5.54 Å². The van der Waals surface area contributed by atoms with Crippen molar-refractivity contribution in [1.29, 1.82) is 5.26 Å². The predicted molar refractivity (Wildman–Crippen MR) is 137 cm³/mol. The highest BCUT2D eigenvalue weighted by Gasteiger charge is 2.20. The summed E-state index contributed by atoms with van der Waals surface area (Å²) in [4.78, 5) is 28.7. The summed E-state index contributed by atoms with van der Waals surface area (Å²) < 4.78 is 5.52. The second-order valence-corrected chi connectivity index (χ2v) is 8.80. The van der Waals surface area contributed by atoms with Crippen LogP contribution in [0.3, 0.4) is 0 Å². The Morgan fingerprint density at radius 1 is 1.17 bits per heavy atom. The maximum atomic E-state index is 12.7. The summed E-state index contributed by atoms with van der Waals surface area (Å²) in [6, 6.07) is 17.0. The first-order valence-electron chi connectivity index (χ1n) is 11.1. The van der Waals surface area contributed by atoms with E-state index in [0.717, 1.165) is 22.0 Å². The minimum Gasteiger partial charge on any atom is -0.495 e. The van der Waals surface area contributed by atoms with Crippen molar-refractivity contribution in [2.24, 2.45) is 0 Å². The van der Waals surface area contributed by atoms with Gasteiger partial charge in [0, 0.05) is 36.5 Å². The highest BCUT2D eigenvalue weighted by Crippen LogP contribution is 2.35. The van der Waals surface area contributed by atoms with Crippen molar-refractivity contribution in [3.63, 3.8) is 0 Å². The maximum Gasteiger partial charge on any atom is 0.269 e. The first-order chi connectivity index (χ1) is 16.6. The van der Waals surface area contributed by atoms with E-state index in [-0.39, 0.29) is 24.1 Å². The number of nitrogens with zero attached hydrogens (tertiary/aromatic N) is 2. The molecule has 8 nitrogen and oxygen atoms in total. The monoisotopic (exact) mass is 471 g/mol. The second kappa shape index (κ2) is 10.7. The van der Waals surface area contributed by atoms with Gasteiger partial charge in [0.15, 0.2) is 0 Å². The lowest BCUT2D eigenvalue weighted by atomic mass is 10.0. The summed E-state index contributed by atoms with van der Waals surface area (Å²) >= 11 is 0. The van der Waals surface area contributed by atoms with E-state index in [4.69, 9.17) is 10.00 Å². The number of fused-ring (bicyclic) bond motifs is 1. The molecular weight excluding hydrogens is 442 g/mol. The Bertz CT molecular complexity index is 1320. The van der Waals surface area contributed by atoms with Gasteiger partial charge >= 0.3 is 0 Å². The number of rotatable bonds is 9. The molecule has 35 heavy (non-hydrogen) atoms. The number of ether oxygens (including phenoxy) is 1. The highest BCUT2D eigenvalue weighted by molar-refractivity contribution is 5.99. The smallest absolute Gasteiger partial charge is 0.269 e. The molecule has 0 aliphatic rings. The molecular formula is C27H29N5O3. The van der Waals surface area contributed by atoms with Crippen LogP contribution in [0.2, 0.25) is 0 Å². The molecule has 8 heteroatoms. The highest BCUT2D eigenvalue weighted by atomic mass is 16.5. The molecule has 0 saturated heterocycles. The number of carbonyl (C=O) groups excluding carboxylic acids is 2. The van der Waals surface area contributed by atoms with Crippen LogP contribution in [-0.2, 0) is 4.79 Å². The zero-order chi connectivity index (χ0) is 25.6. The zero-order valence-corrected chi connectivity index (χ0v) is 20.4. The van der Waals surface area contributed by atoms with Crippen molar-refractivity contribution in [3.8, 4) is 23.1 Å². The minimum absolute atomic E-state index is 0.164. The van der Waals surface area contributed by atoms with Crippen molar-refractivity contribution < 1.29 is 14.3 Å². The van der Waals surface area contributed by atoms with Crippen LogP contribution in [0.1, 0.15) is 31.3 Å². The molecule has 0 unspecified atom stereocenters. The number of hydrogen-bond donors (Lipinski definition) is 3. The Kier molecular flexibility index (Phi) is 7.72. The number of benzene rings is 2. The van der Waals surface area contributed by atoms with Crippen LogP contribution < -0.4 is 20.7 Å². The minimum atomic E-state index is -0.587. The van der Waals surface area contributed by atoms with Gasteiger partial charge in [-0.15, -0.1) is 0 Å². The Labute approximate surface area is 205 Å². The molecule has 0 aliphatic heterocycles. The summed E-state index contributed by atoms with van der Waals surface area (Å²) in [5.74, 6) is 0.150. The summed E-state index contributed by atoms with van der Waals surface area (Å²) in [5, 5.41) is 19.8. The molecule has 180 valence electrons. The van der Waals surface area contributed by atoms with Crippen LogP contribution in [0.5, 0.6) is 5.75 Å². The SMILES string of the molecule is C=C(C#N)CNc1c(OC)ccc2ccc(-c3cccc(C(=O)NCC(C)(C)NC(C)=O)n3)cc12. The number of aromatic nitrogens is 1. The molecule has 1 aromatic heterocycles. The van der Waals surface area contributed by atoms with Gasteiger partial charge in [0.1, 0.15) is 11.4 Å². The number of anilines is 1. The van der Waals surface area contributed by atoms with Crippen molar-refractivity contribution in [1.82, 2.24) is 15.6 Å². The number of nitriles is 1. The molecule has 0 saturated carbocycles. The Morgan fingerprint density at radius 2 is 1.91 bits per heavy atom. The first kappa shape index (κ1) is 25.2. The van der Waals surface area contributed by atoms with Gasteiger partial charge in [-0.3, -0.25) is 9.59 Å². The lowest BCUT2D eigenvalue weighted by Gasteiger charge is -2.25. The van der Waals surface area contributed by atoms with E-state index in [2.05, 4.69) is 27.5 Å². The lowest BCUT2D eigenvalue weighted by Crippen LogP contribution is -2.50. The summed E-state index contributed by atoms with van der Waals surface area (Å²) in [7, 11) is 1.59. The molecule has 0 atom stereocenters. The fraction of sp³-hybridized carbons (Fsp3) is 0.259. The number of nitrogens with one attached hydrogen (secondary N) is 3. The van der Waals surface area contributed by atoms with E-state index in [9.17, 15) is 9.59 Å². The van der Waals surface area contributed by atoms with Crippen LogP contribution >= 0.6 is 0 Å². The molecule has 0 radical (unpaired) electrons. The maximum absolute atomic E-state index is 12.7. The first-order valence-corrected chi connectivity index (χ1v) is 11.1. The fourth-order valence-corrected chi connectivity index (χ4v) is 3.68. The predicted octanol–water partition coefficient (Wildman–Crippen LogP) is 4.05. The fourth-order valence-electron chi connectivity index (χ4n) is 3.68. The lowest BCUT2D eigenvalue weighted by molar-refractivity contribution is -0.120. The van der Waals surface area contributed by atoms with E-state index in [1.54, 1.807) is 19.2 Å². The van der Waals surface area contributed by atoms with Crippen molar-refractivity contribution in [2.75, 3.05) is 25.5 Å². The average molecular weight is 472 g/mol. The zero-order valence-electron chi connectivity index (χ0n) is 20.4. The largest absolute Gasteiger partial charge is 0.495 e. The third-order valence-electron chi connectivity index (χ3n) is 5.32. The van der Waals surface area contributed by atoms with Gasteiger partial charge in [-0.1, -0.05) is 30.8 Å². The van der Waals surface area contributed by atoms with Gasteiger partial charge in [-0.05, 0) is 43.5 Å². The van der Waals surface area contributed by atoms with Gasteiger partial charge in [0.2, 0.25) is 5.91 Å². The number of carbonyl (C=O) groups is 2. The average Bonchev–Trinajstić information content (AvgIpc) is 2.84. The van der Waals surface area contributed by atoms with Crippen LogP contribution in [0, 0.1) is 11.3 Å². The molecule has 0 fully saturated rings. The van der Waals surface area contributed by atoms with Gasteiger partial charge in [0.25, 0.3) is 5.91 Å². The molecule has 2 amide bonds. The normalized spacial score (nSPS) is 10.8. The van der Waals surface area contributed by atoms with Crippen LogP contribution in [0.25, 0.3) is 22.0 Å². The molecule has 3 rings (SSSR count). The van der Waals surface area contributed by atoms with Crippen molar-refractivity contribution in [2.45, 2.75) is 26.3 Å². The summed E-state index contributed by atoms with van der Waals surface area (Å²) in [6.07, 6.45) is 0.